The molecule has 0 saturated carbocycles. The average Bonchev–Trinajstić information content (AvgIpc) is 3.21. The Morgan fingerprint density at radius 3 is 2.29 bits per heavy atom. The van der Waals surface area contributed by atoms with E-state index in [-0.39, 0.29) is 12.4 Å². The van der Waals surface area contributed by atoms with E-state index in [2.05, 4.69) is 93.6 Å². The Labute approximate surface area is 181 Å². The summed E-state index contributed by atoms with van der Waals surface area (Å²) in [6.45, 7) is 7.07. The van der Waals surface area contributed by atoms with Gasteiger partial charge in [-0.25, -0.2) is 0 Å². The van der Waals surface area contributed by atoms with Gasteiger partial charge in [0, 0.05) is 0 Å². The Morgan fingerprint density at radius 2 is 1.50 bits per heavy atom. The van der Waals surface area contributed by atoms with Gasteiger partial charge in [-0.15, -0.1) is 12.4 Å². The van der Waals surface area contributed by atoms with Crippen molar-refractivity contribution in [1.29, 1.82) is 0 Å². The Kier molecular flexibility index (Phi) is 5.43. The third-order valence-electron chi connectivity index (χ3n) is 6.13. The van der Waals surface area contributed by atoms with Crippen LogP contribution in [-0.2, 0) is 27.7 Å². The maximum Gasteiger partial charge on any atom is -0.147 e. The summed E-state index contributed by atoms with van der Waals surface area (Å²) in [5, 5.41) is 0. The second-order valence-corrected chi connectivity index (χ2v) is 15.3. The van der Waals surface area contributed by atoms with Crippen LogP contribution in [0.1, 0.15) is 46.7 Å². The van der Waals surface area contributed by atoms with E-state index in [0.29, 0.717) is 3.63 Å². The first-order valence-corrected chi connectivity index (χ1v) is 13.7. The van der Waals surface area contributed by atoms with Crippen LogP contribution in [0.4, 0.5) is 0 Å². The molecule has 0 heterocycles. The molecule has 0 fully saturated rings. The van der Waals surface area contributed by atoms with E-state index >= 15 is 0 Å². The van der Waals surface area contributed by atoms with E-state index < -0.39 is 21.3 Å². The first-order chi connectivity index (χ1) is 13.1. The van der Waals surface area contributed by atoms with Crippen LogP contribution >= 0.6 is 12.4 Å². The van der Waals surface area contributed by atoms with Gasteiger partial charge in [0.1, 0.15) is 0 Å². The number of benzene rings is 3. The van der Waals surface area contributed by atoms with Crippen LogP contribution in [0, 0.1) is 0 Å². The van der Waals surface area contributed by atoms with Crippen molar-refractivity contribution in [2.75, 3.05) is 0 Å². The quantitative estimate of drug-likeness (QED) is 0.327. The summed E-state index contributed by atoms with van der Waals surface area (Å²) in [5.41, 5.74) is 10.5. The molecule has 5 rings (SSSR count). The predicted octanol–water partition coefficient (Wildman–Crippen LogP) is 6.29. The van der Waals surface area contributed by atoms with Crippen LogP contribution in [0.2, 0.25) is 0 Å². The topological polar surface area (TPSA) is 0 Å². The van der Waals surface area contributed by atoms with Crippen molar-refractivity contribution in [2.24, 2.45) is 0 Å². The summed E-state index contributed by atoms with van der Waals surface area (Å²) in [4.78, 5) is 0. The number of rotatable bonds is 2. The average molecular weight is 464 g/mol. The third-order valence-corrected chi connectivity index (χ3v) is 14.1. The fraction of sp³-hybridized carbons (Fsp3) is 0.192. The molecule has 0 nitrogen and oxygen atoms in total. The van der Waals surface area contributed by atoms with Gasteiger partial charge in [0.05, 0.1) is 0 Å². The maximum absolute atomic E-state index is 2.58. The number of hydrogen-bond donors (Lipinski definition) is 0. The Morgan fingerprint density at radius 1 is 0.821 bits per heavy atom. The standard InChI is InChI=1S/C13H9.C10H9.C3H6.ClH.Zr/c1-3-7-12-10(5-1)9-11-6-2-4-8-13(11)12;1-8-6-7-9-4-2-3-5-10(8)9;1-3-2;;/h1-5,7-8H,9H2;2-7H,1H3;1-2H3;1H;. The molecule has 2 aliphatic carbocycles. The van der Waals surface area contributed by atoms with Crippen molar-refractivity contribution < 1.29 is 21.3 Å². The van der Waals surface area contributed by atoms with Crippen molar-refractivity contribution in [3.8, 4) is 11.1 Å². The normalized spacial score (nSPS) is 15.8. The Hall–Kier alpha value is -1.56. The molecule has 28 heavy (non-hydrogen) atoms. The van der Waals surface area contributed by atoms with Crippen LogP contribution < -0.4 is 3.27 Å². The van der Waals surface area contributed by atoms with Gasteiger partial charge in [-0.05, 0) is 0 Å². The molecule has 0 saturated heterocycles. The van der Waals surface area contributed by atoms with Crippen molar-refractivity contribution in [3.05, 3.63) is 95.1 Å². The molecule has 0 aliphatic heterocycles. The summed E-state index contributed by atoms with van der Waals surface area (Å²) >= 11 is -2.06. The molecule has 0 N–H and O–H groups in total. The van der Waals surface area contributed by atoms with Gasteiger partial charge >= 0.3 is 170 Å². The molecule has 3 aromatic carbocycles. The molecule has 0 radical (unpaired) electrons. The molecular weight excluding hydrogens is 439 g/mol. The van der Waals surface area contributed by atoms with Crippen molar-refractivity contribution in [2.45, 2.75) is 30.8 Å². The van der Waals surface area contributed by atoms with Gasteiger partial charge in [-0.1, -0.05) is 0 Å². The van der Waals surface area contributed by atoms with E-state index in [1.54, 1.807) is 17.6 Å². The zero-order valence-corrected chi connectivity index (χ0v) is 19.9. The Balaban J connectivity index is 0.00000192. The van der Waals surface area contributed by atoms with Crippen LogP contribution in [0.15, 0.2) is 72.8 Å². The monoisotopic (exact) mass is 462 g/mol. The molecular formula is C26H25ClZr. The van der Waals surface area contributed by atoms with Gasteiger partial charge < -0.3 is 0 Å². The van der Waals surface area contributed by atoms with Crippen molar-refractivity contribution in [1.82, 2.24) is 0 Å². The summed E-state index contributed by atoms with van der Waals surface area (Å²) in [6, 6.07) is 25.1. The minimum atomic E-state index is -2.06. The van der Waals surface area contributed by atoms with Crippen LogP contribution in [0.5, 0.6) is 0 Å². The maximum atomic E-state index is 2.58. The smallest absolute Gasteiger partial charge is 0.147 e. The Bertz CT molecular complexity index is 1130. The van der Waals surface area contributed by atoms with E-state index in [1.807, 2.05) is 0 Å². The molecule has 0 amide bonds. The summed E-state index contributed by atoms with van der Waals surface area (Å²) in [7, 11) is 0. The van der Waals surface area contributed by atoms with Crippen molar-refractivity contribution in [3.63, 3.8) is 0 Å². The van der Waals surface area contributed by atoms with Gasteiger partial charge in [0.2, 0.25) is 0 Å². The molecule has 1 atom stereocenters. The third kappa shape index (κ3) is 3.04. The number of halogens is 1. The van der Waals surface area contributed by atoms with Crippen molar-refractivity contribution >= 4 is 24.5 Å². The minimum absolute atomic E-state index is 0. The van der Waals surface area contributed by atoms with E-state index in [4.69, 9.17) is 0 Å². The molecule has 1 unspecified atom stereocenters. The molecule has 0 bridgehead atoms. The zero-order chi connectivity index (χ0) is 18.5. The van der Waals surface area contributed by atoms with Gasteiger partial charge in [-0.2, -0.15) is 0 Å². The first-order valence-electron chi connectivity index (χ1n) is 9.81. The minimum Gasteiger partial charge on any atom is -0.147 e. The molecule has 2 heteroatoms. The first kappa shape index (κ1) is 19.7. The molecule has 0 spiro atoms. The molecule has 140 valence electrons. The van der Waals surface area contributed by atoms with E-state index in [9.17, 15) is 0 Å². The van der Waals surface area contributed by atoms with Crippen LogP contribution in [0.3, 0.4) is 0 Å². The summed E-state index contributed by atoms with van der Waals surface area (Å²) in [6.07, 6.45) is 3.68. The fourth-order valence-corrected chi connectivity index (χ4v) is 13.1. The van der Waals surface area contributed by atoms with Gasteiger partial charge in [-0.3, -0.25) is 0 Å². The van der Waals surface area contributed by atoms with Crippen LogP contribution in [-0.4, -0.2) is 3.21 Å². The number of allylic oxidation sites excluding steroid dienone is 2. The fourth-order valence-electron chi connectivity index (χ4n) is 4.95. The largest absolute Gasteiger partial charge is 0.147 e. The van der Waals surface area contributed by atoms with E-state index in [0.717, 1.165) is 6.42 Å². The molecule has 0 aromatic heterocycles. The molecule has 3 aromatic rings. The van der Waals surface area contributed by atoms with Gasteiger partial charge in [0.25, 0.3) is 0 Å². The van der Waals surface area contributed by atoms with Crippen LogP contribution in [0.25, 0.3) is 16.7 Å². The summed E-state index contributed by atoms with van der Waals surface area (Å²) in [5.74, 6) is 0. The second-order valence-electron chi connectivity index (χ2n) is 7.99. The number of fused-ring (bicyclic) bond motifs is 4. The zero-order valence-electron chi connectivity index (χ0n) is 16.6. The van der Waals surface area contributed by atoms with E-state index in [1.165, 1.54) is 27.8 Å². The summed E-state index contributed by atoms with van der Waals surface area (Å²) < 4.78 is 4.02. The molecule has 2 aliphatic rings. The SMILES string of the molecule is CC1=C[CH]([Zr](=[C](C)C)[c]2cccc3c2Cc2ccccc2-3)c2ccccc21.Cl. The second kappa shape index (κ2) is 7.70. The number of hydrogen-bond acceptors (Lipinski definition) is 0. The predicted molar refractivity (Wildman–Crippen MR) is 121 cm³/mol. The van der Waals surface area contributed by atoms with Gasteiger partial charge in [0.15, 0.2) is 0 Å².